The van der Waals surface area contributed by atoms with E-state index in [0.717, 1.165) is 0 Å². The molecule has 0 heterocycles. The van der Waals surface area contributed by atoms with Gasteiger partial charge in [-0.1, -0.05) is 0 Å². The fraction of sp³-hybridized carbons (Fsp3) is 0.750. The summed E-state index contributed by atoms with van der Waals surface area (Å²) in [5.74, 6) is -0.217. The second-order valence-corrected chi connectivity index (χ2v) is 5.53. The standard InChI is InChI=1S/C8H16O2S/c1-8(2,3)10-7(9)6-11(4)5/h6H,1-5H3. The number of carbonyl (C=O) groups is 1. The van der Waals surface area contributed by atoms with E-state index in [-0.39, 0.29) is 22.1 Å². The lowest BCUT2D eigenvalue weighted by atomic mass is 10.2. The smallest absolute Gasteiger partial charge is 0.336 e. The molecule has 0 aliphatic carbocycles. The Bertz CT molecular complexity index is 173. The zero-order chi connectivity index (χ0) is 9.07. The normalized spacial score (nSPS) is 11.5. The summed E-state index contributed by atoms with van der Waals surface area (Å²) in [6.07, 6.45) is 3.95. The van der Waals surface area contributed by atoms with Crippen molar-refractivity contribution in [2.24, 2.45) is 0 Å². The van der Waals surface area contributed by atoms with Crippen molar-refractivity contribution in [3.8, 4) is 0 Å². The molecule has 0 aliphatic heterocycles. The fourth-order valence-corrected chi connectivity index (χ4v) is 0.951. The zero-order valence-corrected chi connectivity index (χ0v) is 8.62. The van der Waals surface area contributed by atoms with E-state index in [2.05, 4.69) is 0 Å². The molecule has 11 heavy (non-hydrogen) atoms. The van der Waals surface area contributed by atoms with Gasteiger partial charge in [-0.05, 0) is 33.3 Å². The van der Waals surface area contributed by atoms with Crippen LogP contribution >= 0.6 is 10.5 Å². The lowest BCUT2D eigenvalue weighted by Gasteiger charge is -2.18. The molecule has 0 aromatic rings. The average Bonchev–Trinajstić information content (AvgIpc) is 1.53. The van der Waals surface area contributed by atoms with Crippen LogP contribution in [0.1, 0.15) is 20.8 Å². The van der Waals surface area contributed by atoms with Crippen molar-refractivity contribution in [1.29, 1.82) is 0 Å². The van der Waals surface area contributed by atoms with Gasteiger partial charge in [-0.15, -0.1) is 0 Å². The van der Waals surface area contributed by atoms with Crippen LogP contribution in [-0.2, 0) is 9.53 Å². The minimum atomic E-state index is -0.368. The summed E-state index contributed by atoms with van der Waals surface area (Å²) in [5.41, 5.74) is -0.368. The number of hydrogen-bond acceptors (Lipinski definition) is 2. The Morgan fingerprint density at radius 1 is 1.36 bits per heavy atom. The predicted molar refractivity (Wildman–Crippen MR) is 51.3 cm³/mol. The molecule has 2 nitrogen and oxygen atoms in total. The second kappa shape index (κ2) is 3.90. The third-order valence-electron chi connectivity index (χ3n) is 0.739. The van der Waals surface area contributed by atoms with E-state index in [1.807, 2.05) is 33.3 Å². The number of esters is 1. The minimum Gasteiger partial charge on any atom is -0.456 e. The van der Waals surface area contributed by atoms with Crippen LogP contribution in [0.4, 0.5) is 0 Å². The zero-order valence-electron chi connectivity index (χ0n) is 7.80. The molecule has 0 N–H and O–H groups in total. The van der Waals surface area contributed by atoms with Crippen molar-refractivity contribution >= 4 is 21.8 Å². The highest BCUT2D eigenvalue weighted by Gasteiger charge is 2.13. The molecule has 3 heteroatoms. The molecule has 66 valence electrons. The molecule has 0 bridgehead atoms. The van der Waals surface area contributed by atoms with Crippen LogP contribution in [-0.4, -0.2) is 29.4 Å². The number of carbonyl (C=O) groups excluding carboxylic acids is 1. The van der Waals surface area contributed by atoms with Gasteiger partial charge in [0.15, 0.2) is 0 Å². The molecular weight excluding hydrogens is 160 g/mol. The summed E-state index contributed by atoms with van der Waals surface area (Å²) in [4.78, 5) is 11.0. The summed E-state index contributed by atoms with van der Waals surface area (Å²) < 4.78 is 5.06. The van der Waals surface area contributed by atoms with Crippen molar-refractivity contribution in [3.63, 3.8) is 0 Å². The second-order valence-electron chi connectivity index (χ2n) is 3.53. The van der Waals surface area contributed by atoms with Gasteiger partial charge in [0, 0.05) is 5.37 Å². The van der Waals surface area contributed by atoms with Crippen molar-refractivity contribution in [1.82, 2.24) is 0 Å². The predicted octanol–water partition coefficient (Wildman–Crippen LogP) is 1.66. The molecule has 0 saturated heterocycles. The molecule has 0 saturated carbocycles. The van der Waals surface area contributed by atoms with E-state index in [1.54, 1.807) is 5.37 Å². The van der Waals surface area contributed by atoms with E-state index >= 15 is 0 Å². The molecule has 0 radical (unpaired) electrons. The maximum absolute atomic E-state index is 11.0. The van der Waals surface area contributed by atoms with Crippen LogP contribution in [0.2, 0.25) is 0 Å². The van der Waals surface area contributed by atoms with Gasteiger partial charge in [0.25, 0.3) is 0 Å². The van der Waals surface area contributed by atoms with Gasteiger partial charge in [0.1, 0.15) is 5.60 Å². The van der Waals surface area contributed by atoms with Gasteiger partial charge >= 0.3 is 5.97 Å². The highest BCUT2D eigenvalue weighted by Crippen LogP contribution is 2.07. The molecule has 0 aliphatic rings. The lowest BCUT2D eigenvalue weighted by molar-refractivity contribution is -0.145. The topological polar surface area (TPSA) is 26.3 Å². The van der Waals surface area contributed by atoms with Gasteiger partial charge in [-0.25, -0.2) is 4.79 Å². The number of hydrogen-bond donors (Lipinski definition) is 0. The van der Waals surface area contributed by atoms with E-state index < -0.39 is 0 Å². The van der Waals surface area contributed by atoms with Crippen molar-refractivity contribution in [2.45, 2.75) is 26.4 Å². The summed E-state index contributed by atoms with van der Waals surface area (Å²) in [5, 5.41) is 1.60. The molecule has 0 unspecified atom stereocenters. The molecule has 0 rings (SSSR count). The van der Waals surface area contributed by atoms with Crippen LogP contribution in [0.15, 0.2) is 0 Å². The molecule has 0 aromatic heterocycles. The van der Waals surface area contributed by atoms with Crippen LogP contribution in [0.3, 0.4) is 0 Å². The van der Waals surface area contributed by atoms with Gasteiger partial charge in [0.2, 0.25) is 0 Å². The maximum Gasteiger partial charge on any atom is 0.336 e. The molecular formula is C8H16O2S. The van der Waals surface area contributed by atoms with Crippen LogP contribution in [0, 0.1) is 0 Å². The molecule has 0 aromatic carbocycles. The van der Waals surface area contributed by atoms with Crippen molar-refractivity contribution in [2.75, 3.05) is 12.5 Å². The van der Waals surface area contributed by atoms with Crippen molar-refractivity contribution in [3.05, 3.63) is 0 Å². The van der Waals surface area contributed by atoms with Crippen LogP contribution < -0.4 is 0 Å². The Morgan fingerprint density at radius 2 is 1.82 bits per heavy atom. The third-order valence-corrected chi connectivity index (χ3v) is 1.40. The largest absolute Gasteiger partial charge is 0.456 e. The minimum absolute atomic E-state index is 0.0201. The highest BCUT2D eigenvalue weighted by atomic mass is 32.2. The molecule has 0 amide bonds. The molecule has 0 atom stereocenters. The highest BCUT2D eigenvalue weighted by molar-refractivity contribution is 8.14. The number of rotatable bonds is 1. The summed E-state index contributed by atoms with van der Waals surface area (Å²) in [6.45, 7) is 5.59. The first-order valence-corrected chi connectivity index (χ1v) is 5.56. The number of ether oxygens (including phenoxy) is 1. The summed E-state index contributed by atoms with van der Waals surface area (Å²) in [7, 11) is 0.0201. The van der Waals surface area contributed by atoms with E-state index in [4.69, 9.17) is 4.74 Å². The first-order chi connectivity index (χ1) is 4.81. The first kappa shape index (κ1) is 10.7. The van der Waals surface area contributed by atoms with Gasteiger partial charge in [-0.2, -0.15) is 10.5 Å². The molecule has 0 fully saturated rings. The SMILES string of the molecule is CS(C)=CC(=O)OC(C)(C)C. The first-order valence-electron chi connectivity index (χ1n) is 3.45. The Kier molecular flexibility index (Phi) is 3.79. The van der Waals surface area contributed by atoms with Gasteiger partial charge in [0.05, 0.1) is 0 Å². The Balaban J connectivity index is 4.00. The van der Waals surface area contributed by atoms with Crippen LogP contribution in [0.5, 0.6) is 0 Å². The van der Waals surface area contributed by atoms with Crippen LogP contribution in [0.25, 0.3) is 0 Å². The monoisotopic (exact) mass is 176 g/mol. The summed E-state index contributed by atoms with van der Waals surface area (Å²) >= 11 is 0. The molecule has 0 spiro atoms. The average molecular weight is 176 g/mol. The Morgan fingerprint density at radius 3 is 2.09 bits per heavy atom. The summed E-state index contributed by atoms with van der Waals surface area (Å²) in [6, 6.07) is 0. The maximum atomic E-state index is 11.0. The van der Waals surface area contributed by atoms with E-state index in [0.29, 0.717) is 0 Å². The third kappa shape index (κ3) is 7.59. The van der Waals surface area contributed by atoms with E-state index in [1.165, 1.54) is 0 Å². The van der Waals surface area contributed by atoms with Crippen molar-refractivity contribution < 1.29 is 9.53 Å². The Hall–Kier alpha value is -0.310. The Labute approximate surface area is 70.9 Å². The van der Waals surface area contributed by atoms with Gasteiger partial charge in [-0.3, -0.25) is 0 Å². The quantitative estimate of drug-likeness (QED) is 0.448. The fourth-order valence-electron chi connectivity index (χ4n) is 0.518. The van der Waals surface area contributed by atoms with E-state index in [9.17, 15) is 4.79 Å². The van der Waals surface area contributed by atoms with Gasteiger partial charge < -0.3 is 4.74 Å². The lowest BCUT2D eigenvalue weighted by Crippen LogP contribution is -2.24.